The minimum atomic E-state index is 1.27. The summed E-state index contributed by atoms with van der Waals surface area (Å²) in [5, 5.41) is 0. The van der Waals surface area contributed by atoms with Gasteiger partial charge >= 0.3 is 0 Å². The third-order valence-corrected chi connectivity index (χ3v) is 3.25. The molecule has 110 valence electrons. The van der Waals surface area contributed by atoms with Gasteiger partial charge in [-0.3, -0.25) is 0 Å². The molecule has 2 rings (SSSR count). The molecule has 0 aliphatic carbocycles. The Bertz CT molecular complexity index is 598. The van der Waals surface area contributed by atoms with Crippen LogP contribution in [-0.4, -0.2) is 0 Å². The van der Waals surface area contributed by atoms with E-state index in [9.17, 15) is 0 Å². The highest BCUT2D eigenvalue weighted by Gasteiger charge is 2.04. The summed E-state index contributed by atoms with van der Waals surface area (Å²) >= 11 is 0. The minimum absolute atomic E-state index is 1.27. The maximum Gasteiger partial charge on any atom is -0.0109 e. The van der Waals surface area contributed by atoms with Crippen LogP contribution in [0.25, 0.3) is 17.2 Å². The number of aryl methyl sites for hydroxylation is 2. The van der Waals surface area contributed by atoms with E-state index >= 15 is 0 Å². The van der Waals surface area contributed by atoms with E-state index < -0.39 is 0 Å². The number of benzene rings is 2. The Labute approximate surface area is 129 Å². The summed E-state index contributed by atoms with van der Waals surface area (Å²) in [4.78, 5) is 0. The highest BCUT2D eigenvalue weighted by Crippen LogP contribution is 2.27. The molecule has 0 spiro atoms. The molecule has 0 bridgehead atoms. The van der Waals surface area contributed by atoms with E-state index in [0.29, 0.717) is 0 Å². The fraction of sp³-hybridized carbons (Fsp3) is 0.238. The quantitative estimate of drug-likeness (QED) is 0.556. The minimum Gasteiger partial charge on any atom is -0.0877 e. The first-order chi connectivity index (χ1) is 10.2. The number of allylic oxidation sites excluding steroid dienone is 3. The lowest BCUT2D eigenvalue weighted by Crippen LogP contribution is -1.87. The Hall–Kier alpha value is -2.08. The van der Waals surface area contributed by atoms with Gasteiger partial charge in [0.25, 0.3) is 0 Å². The zero-order valence-electron chi connectivity index (χ0n) is 13.9. The average Bonchev–Trinajstić information content (AvgIpc) is 2.52. The maximum absolute atomic E-state index is 2.19. The van der Waals surface area contributed by atoms with Gasteiger partial charge in [-0.25, -0.2) is 0 Å². The van der Waals surface area contributed by atoms with E-state index in [2.05, 4.69) is 74.5 Å². The van der Waals surface area contributed by atoms with E-state index in [0.717, 1.165) is 0 Å². The first kappa shape index (κ1) is 17.0. The van der Waals surface area contributed by atoms with Gasteiger partial charge in [-0.15, -0.1) is 0 Å². The van der Waals surface area contributed by atoms with Crippen molar-refractivity contribution in [1.29, 1.82) is 0 Å². The average molecular weight is 278 g/mol. The Kier molecular flexibility index (Phi) is 7.25. The fourth-order valence-corrected chi connectivity index (χ4v) is 2.15. The highest BCUT2D eigenvalue weighted by molar-refractivity contribution is 5.77. The van der Waals surface area contributed by atoms with E-state index in [1.165, 1.54) is 27.8 Å². The molecule has 0 heterocycles. The summed E-state index contributed by atoms with van der Waals surface area (Å²) in [6, 6.07) is 15.2. The molecule has 0 radical (unpaired) electrons. The summed E-state index contributed by atoms with van der Waals surface area (Å²) in [7, 11) is 0. The predicted molar refractivity (Wildman–Crippen MR) is 96.5 cm³/mol. The van der Waals surface area contributed by atoms with Gasteiger partial charge in [0.1, 0.15) is 0 Å². The van der Waals surface area contributed by atoms with Crippen molar-refractivity contribution in [3.05, 3.63) is 77.4 Å². The second kappa shape index (κ2) is 8.97. The van der Waals surface area contributed by atoms with Gasteiger partial charge in [0.05, 0.1) is 0 Å². The van der Waals surface area contributed by atoms with Crippen molar-refractivity contribution in [2.45, 2.75) is 34.6 Å². The molecule has 0 amide bonds. The van der Waals surface area contributed by atoms with Crippen molar-refractivity contribution in [3.8, 4) is 11.1 Å². The Morgan fingerprint density at radius 3 is 2.10 bits per heavy atom. The van der Waals surface area contributed by atoms with Gasteiger partial charge in [0.2, 0.25) is 0 Å². The zero-order chi connectivity index (χ0) is 15.7. The summed E-state index contributed by atoms with van der Waals surface area (Å²) in [5.41, 5.74) is 6.46. The summed E-state index contributed by atoms with van der Waals surface area (Å²) in [6.07, 6.45) is 8.39. The van der Waals surface area contributed by atoms with Crippen molar-refractivity contribution in [3.63, 3.8) is 0 Å². The molecule has 0 saturated carbocycles. The molecule has 0 aliphatic rings. The van der Waals surface area contributed by atoms with E-state index in [1.807, 2.05) is 26.8 Å². The lowest BCUT2D eigenvalue weighted by Gasteiger charge is -2.09. The number of hydrogen-bond donors (Lipinski definition) is 0. The van der Waals surface area contributed by atoms with Gasteiger partial charge in [-0.05, 0) is 43.0 Å². The lowest BCUT2D eigenvalue weighted by molar-refractivity contribution is 1.42. The molecule has 0 atom stereocenters. The SMILES string of the molecule is C/C=C\C=C/c1c(C)cccc1-c1ccc(C)cc1.CC. The fourth-order valence-electron chi connectivity index (χ4n) is 2.15. The van der Waals surface area contributed by atoms with Crippen molar-refractivity contribution >= 4 is 6.08 Å². The number of rotatable bonds is 3. The molecule has 0 saturated heterocycles. The first-order valence-corrected chi connectivity index (χ1v) is 7.68. The van der Waals surface area contributed by atoms with E-state index in [-0.39, 0.29) is 0 Å². The monoisotopic (exact) mass is 278 g/mol. The van der Waals surface area contributed by atoms with Crippen molar-refractivity contribution in [2.75, 3.05) is 0 Å². The maximum atomic E-state index is 2.19. The van der Waals surface area contributed by atoms with Crippen LogP contribution in [0.4, 0.5) is 0 Å². The molecule has 2 aromatic carbocycles. The molecule has 0 aromatic heterocycles. The molecular weight excluding hydrogens is 252 g/mol. The van der Waals surface area contributed by atoms with Crippen LogP contribution in [0.1, 0.15) is 37.5 Å². The normalized spacial score (nSPS) is 10.7. The lowest BCUT2D eigenvalue weighted by atomic mass is 9.95. The molecule has 0 N–H and O–H groups in total. The Morgan fingerprint density at radius 1 is 0.810 bits per heavy atom. The summed E-state index contributed by atoms with van der Waals surface area (Å²) in [5.74, 6) is 0. The second-order valence-corrected chi connectivity index (χ2v) is 4.79. The third-order valence-electron chi connectivity index (χ3n) is 3.25. The van der Waals surface area contributed by atoms with Crippen LogP contribution in [0.5, 0.6) is 0 Å². The van der Waals surface area contributed by atoms with Gasteiger partial charge in [-0.2, -0.15) is 0 Å². The molecular formula is C21H26. The smallest absolute Gasteiger partial charge is 0.0109 e. The molecule has 0 fully saturated rings. The van der Waals surface area contributed by atoms with Crippen molar-refractivity contribution < 1.29 is 0 Å². The zero-order valence-corrected chi connectivity index (χ0v) is 13.9. The van der Waals surface area contributed by atoms with Gasteiger partial charge in [0, 0.05) is 0 Å². The van der Waals surface area contributed by atoms with Gasteiger partial charge in [0.15, 0.2) is 0 Å². The van der Waals surface area contributed by atoms with Crippen LogP contribution < -0.4 is 0 Å². The molecule has 2 aromatic rings. The van der Waals surface area contributed by atoms with Crippen molar-refractivity contribution in [1.82, 2.24) is 0 Å². The van der Waals surface area contributed by atoms with Gasteiger partial charge in [-0.1, -0.05) is 86.2 Å². The molecule has 0 aliphatic heterocycles. The van der Waals surface area contributed by atoms with Gasteiger partial charge < -0.3 is 0 Å². The van der Waals surface area contributed by atoms with Crippen LogP contribution in [0.15, 0.2) is 60.7 Å². The van der Waals surface area contributed by atoms with Crippen LogP contribution in [0.3, 0.4) is 0 Å². The van der Waals surface area contributed by atoms with Crippen molar-refractivity contribution in [2.24, 2.45) is 0 Å². The molecule has 0 heteroatoms. The van der Waals surface area contributed by atoms with Crippen LogP contribution in [0, 0.1) is 13.8 Å². The standard InChI is InChI=1S/C19H20.C2H6/c1-4-5-6-9-18-16(3)8-7-10-19(18)17-13-11-15(2)12-14-17;1-2/h4-14H,1-3H3;1-2H3/b5-4-,9-6-;. The van der Waals surface area contributed by atoms with Crippen LogP contribution in [0.2, 0.25) is 0 Å². The topological polar surface area (TPSA) is 0 Å². The van der Waals surface area contributed by atoms with Crippen LogP contribution >= 0.6 is 0 Å². The first-order valence-electron chi connectivity index (χ1n) is 7.68. The largest absolute Gasteiger partial charge is 0.0877 e. The van der Waals surface area contributed by atoms with Crippen LogP contribution in [-0.2, 0) is 0 Å². The molecule has 0 unspecified atom stereocenters. The molecule has 21 heavy (non-hydrogen) atoms. The van der Waals surface area contributed by atoms with E-state index in [1.54, 1.807) is 0 Å². The van der Waals surface area contributed by atoms with E-state index in [4.69, 9.17) is 0 Å². The molecule has 0 nitrogen and oxygen atoms in total. The third kappa shape index (κ3) is 4.75. The Morgan fingerprint density at radius 2 is 1.48 bits per heavy atom. The Balaban J connectivity index is 0.00000106. The second-order valence-electron chi connectivity index (χ2n) is 4.79. The summed E-state index contributed by atoms with van der Waals surface area (Å²) in [6.45, 7) is 10.3. The summed E-state index contributed by atoms with van der Waals surface area (Å²) < 4.78 is 0. The predicted octanol–water partition coefficient (Wildman–Crippen LogP) is 6.59. The number of hydrogen-bond acceptors (Lipinski definition) is 0. The highest BCUT2D eigenvalue weighted by atomic mass is 14.1.